The zero-order valence-corrected chi connectivity index (χ0v) is 17.3. The van der Waals surface area contributed by atoms with Crippen molar-refractivity contribution in [2.24, 2.45) is 0 Å². The fourth-order valence-electron chi connectivity index (χ4n) is 3.76. The van der Waals surface area contributed by atoms with E-state index in [0.29, 0.717) is 23.6 Å². The highest BCUT2D eigenvalue weighted by Crippen LogP contribution is 2.30. The van der Waals surface area contributed by atoms with Crippen molar-refractivity contribution in [3.05, 3.63) is 64.4 Å². The van der Waals surface area contributed by atoms with Gasteiger partial charge in [0, 0.05) is 43.7 Å². The van der Waals surface area contributed by atoms with Gasteiger partial charge < -0.3 is 4.90 Å². The molecule has 4 heterocycles. The van der Waals surface area contributed by atoms with Crippen LogP contribution in [0.1, 0.15) is 11.1 Å². The Balaban J connectivity index is 1.28. The zero-order chi connectivity index (χ0) is 21.4. The number of thiophene rings is 1. The molecule has 0 atom stereocenters. The van der Waals surface area contributed by atoms with E-state index in [0.717, 1.165) is 43.6 Å². The number of piperazine rings is 1. The van der Waals surface area contributed by atoms with E-state index in [1.165, 1.54) is 12.1 Å². The molecule has 1 saturated heterocycles. The molecule has 0 aliphatic carbocycles. The largest absolute Gasteiger partial charge is 0.416 e. The number of benzene rings is 1. The van der Waals surface area contributed by atoms with Gasteiger partial charge in [0.1, 0.15) is 5.82 Å². The molecule has 5 rings (SSSR count). The number of nitrogens with zero attached hydrogens (tertiary/aromatic N) is 6. The van der Waals surface area contributed by atoms with Gasteiger partial charge in [0.2, 0.25) is 0 Å². The third kappa shape index (κ3) is 4.13. The van der Waals surface area contributed by atoms with E-state index in [9.17, 15) is 13.2 Å². The van der Waals surface area contributed by atoms with E-state index < -0.39 is 11.7 Å². The van der Waals surface area contributed by atoms with E-state index in [4.69, 9.17) is 5.10 Å². The smallest absolute Gasteiger partial charge is 0.353 e. The molecule has 0 unspecified atom stereocenters. The Morgan fingerprint density at radius 2 is 1.81 bits per heavy atom. The van der Waals surface area contributed by atoms with Gasteiger partial charge in [-0.15, -0.1) is 15.3 Å². The van der Waals surface area contributed by atoms with Crippen molar-refractivity contribution in [2.45, 2.75) is 12.7 Å². The van der Waals surface area contributed by atoms with Crippen molar-refractivity contribution in [3.63, 3.8) is 0 Å². The summed E-state index contributed by atoms with van der Waals surface area (Å²) in [6, 6.07) is 11.4. The highest BCUT2D eigenvalue weighted by atomic mass is 32.1. The maximum absolute atomic E-state index is 13.0. The van der Waals surface area contributed by atoms with Crippen LogP contribution in [0.4, 0.5) is 19.0 Å². The van der Waals surface area contributed by atoms with Crippen molar-refractivity contribution in [1.82, 2.24) is 24.7 Å². The van der Waals surface area contributed by atoms with Crippen LogP contribution in [-0.4, -0.2) is 50.9 Å². The van der Waals surface area contributed by atoms with Gasteiger partial charge in [-0.05, 0) is 35.2 Å². The van der Waals surface area contributed by atoms with Crippen molar-refractivity contribution in [2.75, 3.05) is 31.1 Å². The summed E-state index contributed by atoms with van der Waals surface area (Å²) in [5, 5.41) is 17.2. The standard InChI is InChI=1S/C21H19F3N6S/c22-21(23,24)17-3-1-2-15(12-17)13-28-7-9-29(10-8-28)19-5-4-18-25-26-20(30(18)27-19)16-6-11-31-14-16/h1-6,11-12,14H,7-10,13H2. The molecule has 31 heavy (non-hydrogen) atoms. The van der Waals surface area contributed by atoms with E-state index in [-0.39, 0.29) is 0 Å². The molecule has 1 fully saturated rings. The average Bonchev–Trinajstić information content (AvgIpc) is 3.43. The van der Waals surface area contributed by atoms with Gasteiger partial charge >= 0.3 is 6.18 Å². The summed E-state index contributed by atoms with van der Waals surface area (Å²) in [4.78, 5) is 4.35. The van der Waals surface area contributed by atoms with E-state index >= 15 is 0 Å². The zero-order valence-electron chi connectivity index (χ0n) is 16.5. The first-order valence-corrected chi connectivity index (χ1v) is 10.8. The fourth-order valence-corrected chi connectivity index (χ4v) is 4.39. The van der Waals surface area contributed by atoms with Crippen LogP contribution in [-0.2, 0) is 12.7 Å². The van der Waals surface area contributed by atoms with E-state index in [1.54, 1.807) is 21.9 Å². The average molecular weight is 444 g/mol. The Hall–Kier alpha value is -2.98. The van der Waals surface area contributed by atoms with Crippen LogP contribution < -0.4 is 4.90 Å². The third-order valence-corrected chi connectivity index (χ3v) is 6.07. The maximum atomic E-state index is 13.0. The SMILES string of the molecule is FC(F)(F)c1cccc(CN2CCN(c3ccc4nnc(-c5ccsc5)n4n3)CC2)c1. The number of rotatable bonds is 4. The molecule has 0 spiro atoms. The summed E-state index contributed by atoms with van der Waals surface area (Å²) < 4.78 is 40.6. The maximum Gasteiger partial charge on any atom is 0.416 e. The van der Waals surface area contributed by atoms with Crippen LogP contribution >= 0.6 is 11.3 Å². The second-order valence-electron chi connectivity index (χ2n) is 7.46. The van der Waals surface area contributed by atoms with Crippen molar-refractivity contribution < 1.29 is 13.2 Å². The van der Waals surface area contributed by atoms with Gasteiger partial charge in [-0.2, -0.15) is 29.0 Å². The Labute approximate surface area is 180 Å². The first-order chi connectivity index (χ1) is 15.0. The normalized spacial score (nSPS) is 15.6. The summed E-state index contributed by atoms with van der Waals surface area (Å²) >= 11 is 1.59. The summed E-state index contributed by atoms with van der Waals surface area (Å²) in [6.45, 7) is 3.48. The lowest BCUT2D eigenvalue weighted by molar-refractivity contribution is -0.137. The van der Waals surface area contributed by atoms with Crippen molar-refractivity contribution >= 4 is 22.8 Å². The predicted molar refractivity (Wildman–Crippen MR) is 113 cm³/mol. The molecule has 0 radical (unpaired) electrons. The molecule has 10 heteroatoms. The molecular formula is C21H19F3N6S. The molecule has 1 aromatic carbocycles. The highest BCUT2D eigenvalue weighted by Gasteiger charge is 2.30. The van der Waals surface area contributed by atoms with Gasteiger partial charge in [-0.25, -0.2) is 0 Å². The lowest BCUT2D eigenvalue weighted by Crippen LogP contribution is -2.46. The third-order valence-electron chi connectivity index (χ3n) is 5.38. The van der Waals surface area contributed by atoms with Crippen LogP contribution in [0.5, 0.6) is 0 Å². The molecular weight excluding hydrogens is 425 g/mol. The van der Waals surface area contributed by atoms with Crippen molar-refractivity contribution in [3.8, 4) is 11.4 Å². The van der Waals surface area contributed by atoms with E-state index in [1.807, 2.05) is 29.0 Å². The Morgan fingerprint density at radius 3 is 2.55 bits per heavy atom. The van der Waals surface area contributed by atoms with Crippen LogP contribution in [0.3, 0.4) is 0 Å². The number of hydrogen-bond acceptors (Lipinski definition) is 6. The molecule has 4 aromatic rings. The molecule has 1 aliphatic rings. The lowest BCUT2D eigenvalue weighted by atomic mass is 10.1. The Morgan fingerprint density at radius 1 is 0.968 bits per heavy atom. The molecule has 160 valence electrons. The molecule has 3 aromatic heterocycles. The molecule has 0 N–H and O–H groups in total. The van der Waals surface area contributed by atoms with Crippen LogP contribution in [0, 0.1) is 0 Å². The minimum Gasteiger partial charge on any atom is -0.353 e. The van der Waals surface area contributed by atoms with Crippen LogP contribution in [0.25, 0.3) is 17.0 Å². The summed E-state index contributed by atoms with van der Waals surface area (Å²) in [5.74, 6) is 1.55. The van der Waals surface area contributed by atoms with E-state index in [2.05, 4.69) is 20.0 Å². The van der Waals surface area contributed by atoms with Crippen molar-refractivity contribution in [1.29, 1.82) is 0 Å². The van der Waals surface area contributed by atoms with Crippen LogP contribution in [0.2, 0.25) is 0 Å². The quantitative estimate of drug-likeness (QED) is 0.472. The minimum atomic E-state index is -4.32. The van der Waals surface area contributed by atoms with Crippen LogP contribution in [0.15, 0.2) is 53.2 Å². The molecule has 1 aliphatic heterocycles. The number of aromatic nitrogens is 4. The van der Waals surface area contributed by atoms with Gasteiger partial charge in [-0.3, -0.25) is 4.90 Å². The first-order valence-electron chi connectivity index (χ1n) is 9.86. The highest BCUT2D eigenvalue weighted by molar-refractivity contribution is 7.08. The lowest BCUT2D eigenvalue weighted by Gasteiger charge is -2.35. The number of alkyl halides is 3. The van der Waals surface area contributed by atoms with Gasteiger partial charge in [0.25, 0.3) is 0 Å². The number of fused-ring (bicyclic) bond motifs is 1. The van der Waals surface area contributed by atoms with Gasteiger partial charge in [0.05, 0.1) is 5.56 Å². The first kappa shape index (κ1) is 20.0. The topological polar surface area (TPSA) is 49.6 Å². The number of halogens is 3. The number of hydrogen-bond donors (Lipinski definition) is 0. The minimum absolute atomic E-state index is 0.498. The summed E-state index contributed by atoms with van der Waals surface area (Å²) in [5.41, 5.74) is 1.74. The summed E-state index contributed by atoms with van der Waals surface area (Å²) in [7, 11) is 0. The Kier molecular flexibility index (Phi) is 5.11. The molecule has 0 saturated carbocycles. The predicted octanol–water partition coefficient (Wildman–Crippen LogP) is 4.19. The van der Waals surface area contributed by atoms with Gasteiger partial charge in [0.15, 0.2) is 11.5 Å². The second kappa shape index (κ2) is 7.93. The van der Waals surface area contributed by atoms with Gasteiger partial charge in [-0.1, -0.05) is 18.2 Å². The molecule has 0 amide bonds. The monoisotopic (exact) mass is 444 g/mol. The Bertz CT molecular complexity index is 1180. The second-order valence-corrected chi connectivity index (χ2v) is 8.24. The molecule has 6 nitrogen and oxygen atoms in total. The number of anilines is 1. The molecule has 0 bridgehead atoms. The summed E-state index contributed by atoms with van der Waals surface area (Å²) in [6.07, 6.45) is -4.32. The fraction of sp³-hybridized carbons (Fsp3) is 0.286.